The van der Waals surface area contributed by atoms with Gasteiger partial charge < -0.3 is 10.0 Å². The Morgan fingerprint density at radius 1 is 1.38 bits per heavy atom. The number of aromatic carboxylic acids is 1. The molecule has 0 amide bonds. The molecule has 16 heavy (non-hydrogen) atoms. The molecule has 1 aromatic carbocycles. The van der Waals surface area contributed by atoms with Crippen molar-refractivity contribution in [3.63, 3.8) is 0 Å². The van der Waals surface area contributed by atoms with Crippen molar-refractivity contribution in [2.24, 2.45) is 0 Å². The van der Waals surface area contributed by atoms with Crippen molar-refractivity contribution in [3.05, 3.63) is 36.2 Å². The van der Waals surface area contributed by atoms with E-state index in [9.17, 15) is 4.79 Å². The minimum Gasteiger partial charge on any atom is -0.478 e. The van der Waals surface area contributed by atoms with Crippen LogP contribution in [-0.4, -0.2) is 27.5 Å². The van der Waals surface area contributed by atoms with Crippen LogP contribution in [0.3, 0.4) is 0 Å². The molecular weight excluding hydrogens is 226 g/mol. The van der Waals surface area contributed by atoms with Crippen molar-refractivity contribution in [2.75, 3.05) is 11.9 Å². The highest BCUT2D eigenvalue weighted by Crippen LogP contribution is 2.23. The second-order valence-corrected chi connectivity index (χ2v) is 3.89. The quantitative estimate of drug-likeness (QED) is 0.881. The molecule has 1 aromatic heterocycles. The maximum absolute atomic E-state index is 10.7. The molecule has 0 spiro atoms. The SMILES string of the molecule is CN(c1ccc(C(=O)O)cc1)c1ncns1. The monoisotopic (exact) mass is 235 g/mol. The Balaban J connectivity index is 2.25. The summed E-state index contributed by atoms with van der Waals surface area (Å²) < 4.78 is 3.91. The predicted octanol–water partition coefficient (Wildman–Crippen LogP) is 2.00. The van der Waals surface area contributed by atoms with Gasteiger partial charge in [-0.3, -0.25) is 0 Å². The lowest BCUT2D eigenvalue weighted by Crippen LogP contribution is -2.09. The van der Waals surface area contributed by atoms with Crippen LogP contribution in [0.4, 0.5) is 10.8 Å². The summed E-state index contributed by atoms with van der Waals surface area (Å²) in [4.78, 5) is 16.6. The van der Waals surface area contributed by atoms with E-state index in [0.29, 0.717) is 0 Å². The van der Waals surface area contributed by atoms with Crippen LogP contribution >= 0.6 is 11.5 Å². The molecule has 0 fully saturated rings. The third kappa shape index (κ3) is 2.01. The van der Waals surface area contributed by atoms with E-state index >= 15 is 0 Å². The van der Waals surface area contributed by atoms with Crippen LogP contribution < -0.4 is 4.90 Å². The molecule has 0 atom stereocenters. The zero-order chi connectivity index (χ0) is 11.5. The van der Waals surface area contributed by atoms with E-state index in [1.807, 2.05) is 11.9 Å². The summed E-state index contributed by atoms with van der Waals surface area (Å²) in [5.74, 6) is -0.926. The Morgan fingerprint density at radius 2 is 2.06 bits per heavy atom. The van der Waals surface area contributed by atoms with Crippen molar-refractivity contribution < 1.29 is 9.90 Å². The Labute approximate surface area is 96.2 Å². The molecule has 0 aliphatic heterocycles. The molecule has 0 aliphatic carbocycles. The lowest BCUT2D eigenvalue weighted by Gasteiger charge is -2.14. The highest BCUT2D eigenvalue weighted by Gasteiger charge is 2.08. The minimum atomic E-state index is -0.926. The first kappa shape index (κ1) is 10.6. The van der Waals surface area contributed by atoms with E-state index in [1.54, 1.807) is 24.3 Å². The number of anilines is 2. The molecule has 5 nitrogen and oxygen atoms in total. The minimum absolute atomic E-state index is 0.273. The highest BCUT2D eigenvalue weighted by atomic mass is 32.1. The molecule has 0 saturated carbocycles. The molecule has 82 valence electrons. The van der Waals surface area contributed by atoms with Crippen LogP contribution in [-0.2, 0) is 0 Å². The molecule has 1 N–H and O–H groups in total. The second-order valence-electron chi connectivity index (χ2n) is 3.13. The summed E-state index contributed by atoms with van der Waals surface area (Å²) in [5.41, 5.74) is 1.15. The Hall–Kier alpha value is -1.95. The smallest absolute Gasteiger partial charge is 0.335 e. The van der Waals surface area contributed by atoms with Crippen LogP contribution in [0.2, 0.25) is 0 Å². The number of hydrogen-bond acceptors (Lipinski definition) is 5. The van der Waals surface area contributed by atoms with Gasteiger partial charge in [-0.1, -0.05) is 0 Å². The number of carbonyl (C=O) groups is 1. The zero-order valence-corrected chi connectivity index (χ0v) is 9.31. The van der Waals surface area contributed by atoms with E-state index in [2.05, 4.69) is 9.36 Å². The Morgan fingerprint density at radius 3 is 2.56 bits per heavy atom. The van der Waals surface area contributed by atoms with Gasteiger partial charge in [-0.25, -0.2) is 9.78 Å². The fourth-order valence-electron chi connectivity index (χ4n) is 1.25. The number of aromatic nitrogens is 2. The number of benzene rings is 1. The maximum Gasteiger partial charge on any atom is 0.335 e. The van der Waals surface area contributed by atoms with Crippen LogP contribution in [0.15, 0.2) is 30.6 Å². The van der Waals surface area contributed by atoms with Crippen molar-refractivity contribution >= 4 is 28.3 Å². The van der Waals surface area contributed by atoms with Crippen molar-refractivity contribution in [3.8, 4) is 0 Å². The Bertz CT molecular complexity index is 481. The lowest BCUT2D eigenvalue weighted by atomic mass is 10.2. The molecule has 0 bridgehead atoms. The molecule has 1 heterocycles. The summed E-state index contributed by atoms with van der Waals surface area (Å²) in [7, 11) is 1.86. The molecule has 0 aliphatic rings. The highest BCUT2D eigenvalue weighted by molar-refractivity contribution is 7.09. The van der Waals surface area contributed by atoms with Gasteiger partial charge in [-0.2, -0.15) is 4.37 Å². The lowest BCUT2D eigenvalue weighted by molar-refractivity contribution is 0.0697. The van der Waals surface area contributed by atoms with Crippen molar-refractivity contribution in [1.82, 2.24) is 9.36 Å². The fraction of sp³-hybridized carbons (Fsp3) is 0.100. The van der Waals surface area contributed by atoms with Gasteiger partial charge in [-0.05, 0) is 24.3 Å². The average molecular weight is 235 g/mol. The van der Waals surface area contributed by atoms with Gasteiger partial charge in [0.15, 0.2) is 0 Å². The van der Waals surface area contributed by atoms with Crippen molar-refractivity contribution in [2.45, 2.75) is 0 Å². The van der Waals surface area contributed by atoms with E-state index < -0.39 is 5.97 Å². The van der Waals surface area contributed by atoms with E-state index in [0.717, 1.165) is 10.8 Å². The predicted molar refractivity (Wildman–Crippen MR) is 61.4 cm³/mol. The molecule has 0 radical (unpaired) electrons. The van der Waals surface area contributed by atoms with Gasteiger partial charge in [0.25, 0.3) is 0 Å². The summed E-state index contributed by atoms with van der Waals surface area (Å²) >= 11 is 1.28. The third-order valence-electron chi connectivity index (χ3n) is 2.14. The standard InChI is InChI=1S/C10H9N3O2S/c1-13(10-11-6-12-16-10)8-4-2-7(3-5-8)9(14)15/h2-6H,1H3,(H,14,15). The van der Waals surface area contributed by atoms with E-state index in [-0.39, 0.29) is 5.56 Å². The molecule has 2 aromatic rings. The number of nitrogens with zero attached hydrogens (tertiary/aromatic N) is 3. The summed E-state index contributed by atoms with van der Waals surface area (Å²) in [6, 6.07) is 6.61. The fourth-order valence-corrected chi connectivity index (χ4v) is 1.76. The van der Waals surface area contributed by atoms with Gasteiger partial charge in [-0.15, -0.1) is 0 Å². The topological polar surface area (TPSA) is 66.3 Å². The Kier molecular flexibility index (Phi) is 2.82. The molecule has 0 unspecified atom stereocenters. The van der Waals surface area contributed by atoms with Crippen LogP contribution in [0, 0.1) is 0 Å². The summed E-state index contributed by atoms with van der Waals surface area (Å²) in [5, 5.41) is 9.53. The average Bonchev–Trinajstić information content (AvgIpc) is 2.81. The first-order chi connectivity index (χ1) is 7.68. The third-order valence-corrected chi connectivity index (χ3v) is 2.88. The van der Waals surface area contributed by atoms with Gasteiger partial charge in [0, 0.05) is 24.3 Å². The zero-order valence-electron chi connectivity index (χ0n) is 8.49. The first-order valence-corrected chi connectivity index (χ1v) is 5.29. The number of carboxylic acid groups (broad SMARTS) is 1. The van der Waals surface area contributed by atoms with Crippen LogP contribution in [0.1, 0.15) is 10.4 Å². The van der Waals surface area contributed by atoms with Crippen LogP contribution in [0.25, 0.3) is 0 Å². The molecule has 6 heteroatoms. The van der Waals surface area contributed by atoms with Gasteiger partial charge in [0.05, 0.1) is 5.56 Å². The second kappa shape index (κ2) is 4.28. The maximum atomic E-state index is 10.7. The van der Waals surface area contributed by atoms with E-state index in [1.165, 1.54) is 17.9 Å². The van der Waals surface area contributed by atoms with Crippen molar-refractivity contribution in [1.29, 1.82) is 0 Å². The number of carboxylic acids is 1. The molecule has 2 rings (SSSR count). The normalized spacial score (nSPS) is 10.1. The number of rotatable bonds is 3. The first-order valence-electron chi connectivity index (χ1n) is 4.52. The van der Waals surface area contributed by atoms with Gasteiger partial charge in [0.1, 0.15) is 6.33 Å². The van der Waals surface area contributed by atoms with Gasteiger partial charge >= 0.3 is 5.97 Å². The van der Waals surface area contributed by atoms with Gasteiger partial charge in [0.2, 0.25) is 5.13 Å². The summed E-state index contributed by atoms with van der Waals surface area (Å²) in [6.45, 7) is 0. The van der Waals surface area contributed by atoms with Crippen LogP contribution in [0.5, 0.6) is 0 Å². The molecule has 0 saturated heterocycles. The largest absolute Gasteiger partial charge is 0.478 e. The van der Waals surface area contributed by atoms with E-state index in [4.69, 9.17) is 5.11 Å². The summed E-state index contributed by atoms with van der Waals surface area (Å²) in [6.07, 6.45) is 1.49. The molecular formula is C10H9N3O2S. The number of hydrogen-bond donors (Lipinski definition) is 1.